The van der Waals surface area contributed by atoms with Crippen molar-refractivity contribution in [1.82, 2.24) is 19.3 Å². The molecule has 1 fully saturated rings. The van der Waals surface area contributed by atoms with Crippen LogP contribution in [0.4, 0.5) is 5.69 Å². The topological polar surface area (TPSA) is 97.2 Å². The van der Waals surface area contributed by atoms with Crippen molar-refractivity contribution in [2.75, 3.05) is 18.4 Å². The third-order valence-corrected chi connectivity index (χ3v) is 7.51. The second-order valence-corrected chi connectivity index (χ2v) is 9.56. The van der Waals surface area contributed by atoms with Gasteiger partial charge in [0.05, 0.1) is 17.0 Å². The number of amides is 1. The molecule has 1 N–H and O–H groups in total. The van der Waals surface area contributed by atoms with Gasteiger partial charge in [0.2, 0.25) is 15.9 Å². The number of aromatic nitrogens is 3. The van der Waals surface area contributed by atoms with Gasteiger partial charge in [0, 0.05) is 25.2 Å². The fourth-order valence-corrected chi connectivity index (χ4v) is 5.20. The van der Waals surface area contributed by atoms with Crippen LogP contribution in [0.2, 0.25) is 0 Å². The number of hydrogen-bond donors (Lipinski definition) is 1. The van der Waals surface area contributed by atoms with Crippen molar-refractivity contribution in [3.63, 3.8) is 0 Å². The van der Waals surface area contributed by atoms with Gasteiger partial charge >= 0.3 is 0 Å². The Morgan fingerprint density at radius 3 is 2.67 bits per heavy atom. The molecule has 1 aromatic heterocycles. The van der Waals surface area contributed by atoms with E-state index >= 15 is 0 Å². The molecule has 0 radical (unpaired) electrons. The quantitative estimate of drug-likeness (QED) is 0.652. The first-order valence-electron chi connectivity index (χ1n) is 10.1. The molecule has 3 aromatic rings. The lowest BCUT2D eigenvalue weighted by Crippen LogP contribution is -2.27. The summed E-state index contributed by atoms with van der Waals surface area (Å²) in [5.74, 6) is -0.111. The summed E-state index contributed by atoms with van der Waals surface area (Å²) in [5.41, 5.74) is 4.18. The molecule has 158 valence electrons. The van der Waals surface area contributed by atoms with E-state index in [1.165, 1.54) is 4.31 Å². The number of nitrogens with zero attached hydrogens (tertiary/aromatic N) is 4. The van der Waals surface area contributed by atoms with E-state index < -0.39 is 10.0 Å². The number of fused-ring (bicyclic) bond motifs is 1. The second-order valence-electron chi connectivity index (χ2n) is 7.62. The van der Waals surface area contributed by atoms with Gasteiger partial charge in [-0.15, -0.1) is 5.10 Å². The van der Waals surface area contributed by atoms with Gasteiger partial charge in [-0.2, -0.15) is 4.31 Å². The van der Waals surface area contributed by atoms with Crippen molar-refractivity contribution in [3.8, 4) is 0 Å². The van der Waals surface area contributed by atoms with Gasteiger partial charge in [-0.25, -0.2) is 13.1 Å². The molecule has 0 saturated carbocycles. The number of aryl methyl sites for hydroxylation is 2. The van der Waals surface area contributed by atoms with Crippen LogP contribution in [0.3, 0.4) is 0 Å². The minimum atomic E-state index is -3.50. The number of benzene rings is 2. The highest BCUT2D eigenvalue weighted by Gasteiger charge is 2.27. The first-order valence-corrected chi connectivity index (χ1v) is 11.5. The lowest BCUT2D eigenvalue weighted by molar-refractivity contribution is -0.116. The maximum absolute atomic E-state index is 12.7. The zero-order valence-corrected chi connectivity index (χ0v) is 17.9. The average Bonchev–Trinajstić information content (AvgIpc) is 3.40. The molecular formula is C21H25N5O3S. The molecule has 2 heterocycles. The second kappa shape index (κ2) is 8.16. The van der Waals surface area contributed by atoms with Gasteiger partial charge in [-0.3, -0.25) is 4.79 Å². The third kappa shape index (κ3) is 3.95. The predicted molar refractivity (Wildman–Crippen MR) is 115 cm³/mol. The van der Waals surface area contributed by atoms with Gasteiger partial charge in [0.1, 0.15) is 5.52 Å². The summed E-state index contributed by atoms with van der Waals surface area (Å²) in [6.07, 6.45) is 2.02. The predicted octanol–water partition coefficient (Wildman–Crippen LogP) is 2.86. The Kier molecular flexibility index (Phi) is 5.57. The standard InChI is InChI=1S/C21H25N5O3S/c1-15-6-5-7-18(16(15)2)22-21(27)10-13-26-20-9-8-17(14-19(20)23-24-26)30(28,29)25-11-3-4-12-25/h5-9,14H,3-4,10-13H2,1-2H3,(H,22,27). The van der Waals surface area contributed by atoms with Gasteiger partial charge < -0.3 is 5.32 Å². The Balaban J connectivity index is 1.46. The highest BCUT2D eigenvalue weighted by atomic mass is 32.2. The summed E-state index contributed by atoms with van der Waals surface area (Å²) in [5, 5.41) is 11.1. The number of rotatable bonds is 6. The van der Waals surface area contributed by atoms with Gasteiger partial charge in [0.15, 0.2) is 0 Å². The van der Waals surface area contributed by atoms with E-state index in [9.17, 15) is 13.2 Å². The fraction of sp³-hybridized carbons (Fsp3) is 0.381. The molecule has 30 heavy (non-hydrogen) atoms. The SMILES string of the molecule is Cc1cccc(NC(=O)CCn2nnc3cc(S(=O)(=O)N4CCCC4)ccc32)c1C. The average molecular weight is 428 g/mol. The highest BCUT2D eigenvalue weighted by Crippen LogP contribution is 2.24. The summed E-state index contributed by atoms with van der Waals surface area (Å²) in [6.45, 7) is 5.45. The summed E-state index contributed by atoms with van der Waals surface area (Å²) in [7, 11) is -3.50. The summed E-state index contributed by atoms with van der Waals surface area (Å²) in [4.78, 5) is 12.6. The molecule has 8 nitrogen and oxygen atoms in total. The lowest BCUT2D eigenvalue weighted by atomic mass is 10.1. The van der Waals surface area contributed by atoms with E-state index in [0.29, 0.717) is 30.7 Å². The van der Waals surface area contributed by atoms with Crippen LogP contribution in [0.5, 0.6) is 0 Å². The number of sulfonamides is 1. The molecule has 1 saturated heterocycles. The fourth-order valence-electron chi connectivity index (χ4n) is 3.66. The van der Waals surface area contributed by atoms with Crippen LogP contribution in [0.1, 0.15) is 30.4 Å². The van der Waals surface area contributed by atoms with Crippen molar-refractivity contribution >= 4 is 32.7 Å². The maximum atomic E-state index is 12.7. The van der Waals surface area contributed by atoms with Crippen LogP contribution in [-0.4, -0.2) is 46.7 Å². The van der Waals surface area contributed by atoms with E-state index in [1.54, 1.807) is 22.9 Å². The van der Waals surface area contributed by atoms with Crippen molar-refractivity contribution in [2.24, 2.45) is 0 Å². The first-order chi connectivity index (χ1) is 14.4. The summed E-state index contributed by atoms with van der Waals surface area (Å²) in [6, 6.07) is 10.7. The van der Waals surface area contributed by atoms with Crippen LogP contribution in [0.15, 0.2) is 41.3 Å². The Hall–Kier alpha value is -2.78. The number of carbonyl (C=O) groups excluding carboxylic acids is 1. The van der Waals surface area contributed by atoms with Crippen molar-refractivity contribution in [3.05, 3.63) is 47.5 Å². The monoisotopic (exact) mass is 427 g/mol. The maximum Gasteiger partial charge on any atom is 0.243 e. The van der Waals surface area contributed by atoms with Gasteiger partial charge in [-0.1, -0.05) is 17.3 Å². The Bertz CT molecular complexity index is 1200. The van der Waals surface area contributed by atoms with E-state index in [0.717, 1.165) is 29.7 Å². The molecule has 9 heteroatoms. The third-order valence-electron chi connectivity index (χ3n) is 5.62. The minimum absolute atomic E-state index is 0.111. The van der Waals surface area contributed by atoms with Crippen LogP contribution >= 0.6 is 0 Å². The molecule has 1 amide bonds. The van der Waals surface area contributed by atoms with Crippen LogP contribution < -0.4 is 5.32 Å². The van der Waals surface area contributed by atoms with Gasteiger partial charge in [-0.05, 0) is 62.1 Å². The normalized spacial score (nSPS) is 15.0. The Morgan fingerprint density at radius 1 is 1.13 bits per heavy atom. The minimum Gasteiger partial charge on any atom is -0.326 e. The number of hydrogen-bond acceptors (Lipinski definition) is 5. The van der Waals surface area contributed by atoms with Crippen LogP contribution in [0, 0.1) is 13.8 Å². The Morgan fingerprint density at radius 2 is 1.90 bits per heavy atom. The van der Waals surface area contributed by atoms with E-state index in [1.807, 2.05) is 32.0 Å². The molecule has 0 aliphatic carbocycles. The molecule has 4 rings (SSSR count). The summed E-state index contributed by atoms with van der Waals surface area (Å²) >= 11 is 0. The number of nitrogens with one attached hydrogen (secondary N) is 1. The van der Waals surface area contributed by atoms with E-state index in [-0.39, 0.29) is 17.2 Å². The molecule has 0 atom stereocenters. The zero-order chi connectivity index (χ0) is 21.3. The van der Waals surface area contributed by atoms with E-state index in [2.05, 4.69) is 15.6 Å². The zero-order valence-electron chi connectivity index (χ0n) is 17.1. The number of carbonyl (C=O) groups is 1. The molecule has 0 spiro atoms. The Labute approximate surface area is 175 Å². The molecule has 1 aliphatic heterocycles. The lowest BCUT2D eigenvalue weighted by Gasteiger charge is -2.15. The van der Waals surface area contributed by atoms with E-state index in [4.69, 9.17) is 0 Å². The van der Waals surface area contributed by atoms with Crippen molar-refractivity contribution < 1.29 is 13.2 Å². The molecular weight excluding hydrogens is 402 g/mol. The van der Waals surface area contributed by atoms with Crippen LogP contribution in [0.25, 0.3) is 11.0 Å². The summed E-state index contributed by atoms with van der Waals surface area (Å²) < 4.78 is 28.6. The first kappa shape index (κ1) is 20.5. The van der Waals surface area contributed by atoms with Gasteiger partial charge in [0.25, 0.3) is 0 Å². The largest absolute Gasteiger partial charge is 0.326 e. The van der Waals surface area contributed by atoms with Crippen LogP contribution in [-0.2, 0) is 21.4 Å². The molecule has 1 aliphatic rings. The molecule has 0 bridgehead atoms. The highest BCUT2D eigenvalue weighted by molar-refractivity contribution is 7.89. The smallest absolute Gasteiger partial charge is 0.243 e. The van der Waals surface area contributed by atoms with Crippen molar-refractivity contribution in [2.45, 2.75) is 44.6 Å². The molecule has 0 unspecified atom stereocenters. The molecule has 2 aromatic carbocycles. The number of anilines is 1. The van der Waals surface area contributed by atoms with Crippen molar-refractivity contribution in [1.29, 1.82) is 0 Å².